The average Bonchev–Trinajstić information content (AvgIpc) is 2.93. The van der Waals surface area contributed by atoms with Gasteiger partial charge in [0.1, 0.15) is 31.2 Å². The van der Waals surface area contributed by atoms with Crippen LogP contribution in [0.4, 0.5) is 5.00 Å². The van der Waals surface area contributed by atoms with Crippen LogP contribution in [0.25, 0.3) is 0 Å². The van der Waals surface area contributed by atoms with Gasteiger partial charge in [-0.15, -0.1) is 11.3 Å². The molecule has 0 radical (unpaired) electrons. The van der Waals surface area contributed by atoms with Crippen LogP contribution < -0.4 is 15.1 Å². The van der Waals surface area contributed by atoms with Crippen LogP contribution >= 0.6 is 11.3 Å². The second-order valence-corrected chi connectivity index (χ2v) is 9.19. The Bertz CT molecular complexity index is 708. The number of anilines is 1. The molecule has 0 aliphatic carbocycles. The molecule has 0 spiro atoms. The highest BCUT2D eigenvalue weighted by Gasteiger charge is 2.34. The fourth-order valence-corrected chi connectivity index (χ4v) is 4.80. The lowest BCUT2D eigenvalue weighted by Crippen LogP contribution is -3.27. The molecule has 7 nitrogen and oxygen atoms in total. The fraction of sp³-hybridized carbons (Fsp3) is 0.684. The predicted molar refractivity (Wildman–Crippen MR) is 104 cm³/mol. The number of fused-ring (bicyclic) bond motifs is 1. The molecule has 0 atom stereocenters. The number of hydrogen-bond acceptors (Lipinski definition) is 5. The molecule has 27 heavy (non-hydrogen) atoms. The number of piperazine rings is 1. The lowest BCUT2D eigenvalue weighted by molar-refractivity contribution is -0.999. The van der Waals surface area contributed by atoms with E-state index in [1.165, 1.54) is 21.1 Å². The number of amides is 1. The van der Waals surface area contributed by atoms with E-state index in [4.69, 9.17) is 9.47 Å². The molecule has 3 rings (SSSR count). The quantitative estimate of drug-likeness (QED) is 0.565. The van der Waals surface area contributed by atoms with Crippen molar-refractivity contribution in [3.05, 3.63) is 16.0 Å². The summed E-state index contributed by atoms with van der Waals surface area (Å²) in [5, 5.41) is 3.59. The number of nitrogens with one attached hydrogen (secondary N) is 3. The molecule has 1 saturated heterocycles. The average molecular weight is 398 g/mol. The van der Waals surface area contributed by atoms with Gasteiger partial charge in [0, 0.05) is 11.3 Å². The van der Waals surface area contributed by atoms with Crippen LogP contribution in [0.3, 0.4) is 0 Å². The van der Waals surface area contributed by atoms with Crippen molar-refractivity contribution in [2.45, 2.75) is 39.4 Å². The number of quaternary nitrogens is 2. The smallest absolute Gasteiger partial charge is 0.341 e. The topological polar surface area (TPSA) is 73.5 Å². The highest BCUT2D eigenvalue weighted by Crippen LogP contribution is 2.40. The molecule has 8 heteroatoms. The lowest BCUT2D eigenvalue weighted by atomic mass is 9.93. The number of rotatable bonds is 5. The number of thiophene rings is 1. The molecule has 2 aliphatic heterocycles. The van der Waals surface area contributed by atoms with Crippen molar-refractivity contribution in [2.75, 3.05) is 51.7 Å². The van der Waals surface area contributed by atoms with Crippen molar-refractivity contribution in [1.29, 1.82) is 0 Å². The maximum Gasteiger partial charge on any atom is 0.341 e. The van der Waals surface area contributed by atoms with Crippen molar-refractivity contribution >= 4 is 28.2 Å². The van der Waals surface area contributed by atoms with Gasteiger partial charge >= 0.3 is 5.97 Å². The molecular formula is C19H31N3O4S+2. The molecule has 150 valence electrons. The number of hydrogen-bond donors (Lipinski definition) is 3. The van der Waals surface area contributed by atoms with Crippen LogP contribution in [-0.2, 0) is 27.3 Å². The Labute approximate surface area is 164 Å². The third-order valence-corrected chi connectivity index (χ3v) is 6.36. The Morgan fingerprint density at radius 1 is 1.26 bits per heavy atom. The van der Waals surface area contributed by atoms with Crippen molar-refractivity contribution < 1.29 is 28.9 Å². The van der Waals surface area contributed by atoms with Crippen LogP contribution in [0.2, 0.25) is 0 Å². The van der Waals surface area contributed by atoms with Gasteiger partial charge in [-0.1, -0.05) is 0 Å². The summed E-state index contributed by atoms with van der Waals surface area (Å²) in [6.45, 7) is 11.2. The van der Waals surface area contributed by atoms with Crippen molar-refractivity contribution in [2.24, 2.45) is 0 Å². The zero-order chi connectivity index (χ0) is 19.6. The highest BCUT2D eigenvalue weighted by molar-refractivity contribution is 7.17. The SMILES string of the molecule is CCOC(=O)c1c(NC(=O)C[NH+]2CC[NH+](C)CC2)sc2c1CC(C)(C)OC2. The van der Waals surface area contributed by atoms with E-state index in [-0.39, 0.29) is 17.5 Å². The van der Waals surface area contributed by atoms with Gasteiger partial charge in [-0.3, -0.25) is 4.79 Å². The van der Waals surface area contributed by atoms with Crippen molar-refractivity contribution in [3.63, 3.8) is 0 Å². The van der Waals surface area contributed by atoms with Crippen LogP contribution in [-0.4, -0.2) is 63.9 Å². The van der Waals surface area contributed by atoms with Gasteiger partial charge in [-0.2, -0.15) is 0 Å². The summed E-state index contributed by atoms with van der Waals surface area (Å²) in [4.78, 5) is 29.0. The van der Waals surface area contributed by atoms with Gasteiger partial charge in [-0.25, -0.2) is 4.79 Å². The minimum absolute atomic E-state index is 0.0473. The van der Waals surface area contributed by atoms with Crippen molar-refractivity contribution in [1.82, 2.24) is 0 Å². The Kier molecular flexibility index (Phi) is 6.20. The van der Waals surface area contributed by atoms with Gasteiger partial charge in [-0.05, 0) is 26.3 Å². The molecule has 3 heterocycles. The second-order valence-electron chi connectivity index (χ2n) is 8.09. The number of esters is 1. The Morgan fingerprint density at radius 3 is 2.63 bits per heavy atom. The van der Waals surface area contributed by atoms with E-state index in [0.29, 0.717) is 36.7 Å². The largest absolute Gasteiger partial charge is 0.462 e. The number of ether oxygens (including phenoxy) is 2. The maximum atomic E-state index is 12.6. The van der Waals surface area contributed by atoms with Gasteiger partial charge in [0.05, 0.1) is 31.4 Å². The zero-order valence-electron chi connectivity index (χ0n) is 16.7. The van der Waals surface area contributed by atoms with E-state index in [9.17, 15) is 9.59 Å². The third kappa shape index (κ3) is 4.87. The highest BCUT2D eigenvalue weighted by atomic mass is 32.1. The molecule has 0 saturated carbocycles. The molecule has 0 bridgehead atoms. The summed E-state index contributed by atoms with van der Waals surface area (Å²) in [5.41, 5.74) is 1.14. The first-order chi connectivity index (χ1) is 12.8. The van der Waals surface area contributed by atoms with Gasteiger partial charge in [0.25, 0.3) is 5.91 Å². The van der Waals surface area contributed by atoms with E-state index < -0.39 is 0 Å². The number of likely N-dealkylation sites (N-methyl/N-ethyl adjacent to an activating group) is 1. The van der Waals surface area contributed by atoms with Crippen molar-refractivity contribution in [3.8, 4) is 0 Å². The van der Waals surface area contributed by atoms with Crippen LogP contribution in [0, 0.1) is 0 Å². The Hall–Kier alpha value is -1.48. The summed E-state index contributed by atoms with van der Waals surface area (Å²) in [5.74, 6) is -0.410. The fourth-order valence-electron chi connectivity index (χ4n) is 3.67. The molecule has 1 fully saturated rings. The minimum Gasteiger partial charge on any atom is -0.462 e. The molecule has 1 aromatic heterocycles. The standard InChI is InChI=1S/C19H29N3O4S/c1-5-25-18(24)16-13-10-19(2,3)26-12-14(13)27-17(16)20-15(23)11-22-8-6-21(4)7-9-22/h5-12H2,1-4H3,(H,20,23)/p+2. The van der Waals surface area contributed by atoms with E-state index >= 15 is 0 Å². The first kappa shape index (κ1) is 20.3. The summed E-state index contributed by atoms with van der Waals surface area (Å²) < 4.78 is 11.1. The number of carbonyl (C=O) groups is 2. The molecule has 0 aromatic carbocycles. The van der Waals surface area contributed by atoms with Crippen LogP contribution in [0.15, 0.2) is 0 Å². The molecule has 2 aliphatic rings. The van der Waals surface area contributed by atoms with E-state index in [1.54, 1.807) is 6.92 Å². The molecule has 1 amide bonds. The summed E-state index contributed by atoms with van der Waals surface area (Å²) in [6.07, 6.45) is 0.634. The Balaban J connectivity index is 1.77. The minimum atomic E-state index is -0.362. The van der Waals surface area contributed by atoms with Crippen LogP contribution in [0.5, 0.6) is 0 Å². The van der Waals surface area contributed by atoms with Gasteiger partial charge in [0.2, 0.25) is 0 Å². The molecular weight excluding hydrogens is 366 g/mol. The van der Waals surface area contributed by atoms with Gasteiger partial charge in [0.15, 0.2) is 6.54 Å². The predicted octanol–water partition coefficient (Wildman–Crippen LogP) is -0.872. The van der Waals surface area contributed by atoms with E-state index in [1.807, 2.05) is 13.8 Å². The first-order valence-corrected chi connectivity index (χ1v) is 10.5. The third-order valence-electron chi connectivity index (χ3n) is 5.24. The van der Waals surface area contributed by atoms with E-state index in [2.05, 4.69) is 12.4 Å². The summed E-state index contributed by atoms with van der Waals surface area (Å²) >= 11 is 1.44. The first-order valence-electron chi connectivity index (χ1n) is 9.69. The number of carbonyl (C=O) groups excluding carboxylic acids is 2. The monoisotopic (exact) mass is 397 g/mol. The molecule has 1 aromatic rings. The molecule has 0 unspecified atom stereocenters. The van der Waals surface area contributed by atoms with Crippen LogP contribution in [0.1, 0.15) is 41.6 Å². The van der Waals surface area contributed by atoms with E-state index in [0.717, 1.165) is 36.6 Å². The normalized spacial score (nSPS) is 24.1. The summed E-state index contributed by atoms with van der Waals surface area (Å²) in [6, 6.07) is 0. The van der Waals surface area contributed by atoms with Gasteiger partial charge < -0.3 is 24.6 Å². The lowest BCUT2D eigenvalue weighted by Gasteiger charge is -2.30. The zero-order valence-corrected chi connectivity index (χ0v) is 17.5. The Morgan fingerprint density at radius 2 is 1.96 bits per heavy atom. The molecule has 3 N–H and O–H groups in total. The second kappa shape index (κ2) is 8.26. The summed E-state index contributed by atoms with van der Waals surface area (Å²) in [7, 11) is 2.18. The maximum absolute atomic E-state index is 12.6.